The molecule has 0 unspecified atom stereocenters. The zero-order valence-corrected chi connectivity index (χ0v) is 7.99. The minimum absolute atomic E-state index is 0.869. The number of aliphatic imine (C=N–C) groups is 1. The zero-order valence-electron chi connectivity index (χ0n) is 7.99. The van der Waals surface area contributed by atoms with Gasteiger partial charge in [-0.15, -0.1) is 0 Å². The molecule has 0 bridgehead atoms. The van der Waals surface area contributed by atoms with Crippen LogP contribution in [0.1, 0.15) is 13.8 Å². The first-order chi connectivity index (χ1) is 6.36. The van der Waals surface area contributed by atoms with Crippen LogP contribution in [-0.2, 0) is 0 Å². The van der Waals surface area contributed by atoms with Crippen LogP contribution in [0.15, 0.2) is 47.2 Å². The molecule has 0 heterocycles. The summed E-state index contributed by atoms with van der Waals surface area (Å²) < 4.78 is 0. The van der Waals surface area contributed by atoms with Crippen LogP contribution in [0.3, 0.4) is 0 Å². The lowest BCUT2D eigenvalue weighted by Gasteiger charge is -2.04. The Morgan fingerprint density at radius 1 is 1.23 bits per heavy atom. The Balaban J connectivity index is 2.68. The summed E-state index contributed by atoms with van der Waals surface area (Å²) >= 11 is 0. The predicted octanol–water partition coefficient (Wildman–Crippen LogP) is 3.05. The number of benzene rings is 1. The number of rotatable bonds is 3. The SMILES string of the molecule is C/C=N\C(=C/C)Nc1ccccc1. The number of nitrogens with zero attached hydrogens (tertiary/aromatic N) is 1. The molecule has 2 nitrogen and oxygen atoms in total. The normalized spacial score (nSPS) is 12.0. The first-order valence-corrected chi connectivity index (χ1v) is 4.34. The van der Waals surface area contributed by atoms with Crippen LogP contribution in [0.25, 0.3) is 0 Å². The maximum atomic E-state index is 4.16. The molecule has 0 radical (unpaired) electrons. The lowest BCUT2D eigenvalue weighted by molar-refractivity contribution is 1.29. The van der Waals surface area contributed by atoms with Gasteiger partial charge in [0.1, 0.15) is 5.82 Å². The van der Waals surface area contributed by atoms with E-state index in [-0.39, 0.29) is 0 Å². The van der Waals surface area contributed by atoms with Gasteiger partial charge in [0.25, 0.3) is 0 Å². The standard InChI is InChI=1S/C11H14N2/c1-3-11(12-4-2)13-10-8-6-5-7-9-10/h3-9,13H,1-2H3/b11-3+,12-4-. The van der Waals surface area contributed by atoms with Gasteiger partial charge in [0.05, 0.1) is 0 Å². The average molecular weight is 174 g/mol. The quantitative estimate of drug-likeness (QED) is 0.700. The van der Waals surface area contributed by atoms with E-state index < -0.39 is 0 Å². The van der Waals surface area contributed by atoms with Crippen LogP contribution in [0.5, 0.6) is 0 Å². The molecule has 1 aromatic rings. The summed E-state index contributed by atoms with van der Waals surface area (Å²) in [6, 6.07) is 9.99. The molecule has 0 spiro atoms. The third-order valence-corrected chi connectivity index (χ3v) is 1.59. The highest BCUT2D eigenvalue weighted by Crippen LogP contribution is 2.08. The van der Waals surface area contributed by atoms with E-state index in [1.165, 1.54) is 0 Å². The van der Waals surface area contributed by atoms with Crippen molar-refractivity contribution in [1.29, 1.82) is 0 Å². The van der Waals surface area contributed by atoms with E-state index >= 15 is 0 Å². The predicted molar refractivity (Wildman–Crippen MR) is 58.0 cm³/mol. The van der Waals surface area contributed by atoms with E-state index in [1.54, 1.807) is 6.21 Å². The molecule has 0 atom stereocenters. The largest absolute Gasteiger partial charge is 0.341 e. The maximum Gasteiger partial charge on any atom is 0.125 e. The number of nitrogens with one attached hydrogen (secondary N) is 1. The Labute approximate surface area is 79.0 Å². The van der Waals surface area contributed by atoms with Gasteiger partial charge >= 0.3 is 0 Å². The molecule has 0 aliphatic carbocycles. The molecule has 1 rings (SSSR count). The van der Waals surface area contributed by atoms with Gasteiger partial charge in [0.15, 0.2) is 0 Å². The van der Waals surface area contributed by atoms with E-state index in [4.69, 9.17) is 0 Å². The first kappa shape index (κ1) is 9.52. The van der Waals surface area contributed by atoms with Gasteiger partial charge in [0.2, 0.25) is 0 Å². The molecule has 13 heavy (non-hydrogen) atoms. The third-order valence-electron chi connectivity index (χ3n) is 1.59. The molecule has 0 saturated carbocycles. The second-order valence-corrected chi connectivity index (χ2v) is 2.55. The highest BCUT2D eigenvalue weighted by atomic mass is 15.0. The Morgan fingerprint density at radius 3 is 2.46 bits per heavy atom. The zero-order chi connectivity index (χ0) is 9.52. The molecule has 2 heteroatoms. The Hall–Kier alpha value is -1.57. The van der Waals surface area contributed by atoms with E-state index in [0.29, 0.717) is 0 Å². The summed E-state index contributed by atoms with van der Waals surface area (Å²) in [7, 11) is 0. The third kappa shape index (κ3) is 3.11. The fourth-order valence-corrected chi connectivity index (χ4v) is 0.987. The average Bonchev–Trinajstić information content (AvgIpc) is 2.19. The molecule has 0 aromatic heterocycles. The molecule has 0 aliphatic rings. The molecule has 0 aliphatic heterocycles. The van der Waals surface area contributed by atoms with Crippen LogP contribution >= 0.6 is 0 Å². The van der Waals surface area contributed by atoms with Crippen LogP contribution in [0.4, 0.5) is 5.69 Å². The maximum absolute atomic E-state index is 4.16. The van der Waals surface area contributed by atoms with Crippen molar-refractivity contribution in [2.45, 2.75) is 13.8 Å². The van der Waals surface area contributed by atoms with Gasteiger partial charge in [-0.25, -0.2) is 4.99 Å². The van der Waals surface area contributed by atoms with Crippen LogP contribution in [-0.4, -0.2) is 6.21 Å². The number of allylic oxidation sites excluding steroid dienone is 1. The lowest BCUT2D eigenvalue weighted by atomic mass is 10.3. The molecule has 0 saturated heterocycles. The highest BCUT2D eigenvalue weighted by Gasteiger charge is 1.91. The van der Waals surface area contributed by atoms with Gasteiger partial charge in [0, 0.05) is 11.9 Å². The van der Waals surface area contributed by atoms with E-state index in [0.717, 1.165) is 11.5 Å². The summed E-state index contributed by atoms with van der Waals surface area (Å²) in [5.74, 6) is 0.869. The lowest BCUT2D eigenvalue weighted by Crippen LogP contribution is -1.95. The smallest absolute Gasteiger partial charge is 0.125 e. The molecule has 1 aromatic carbocycles. The number of para-hydroxylation sites is 1. The molecule has 1 N–H and O–H groups in total. The van der Waals surface area contributed by atoms with Gasteiger partial charge < -0.3 is 5.32 Å². The second-order valence-electron chi connectivity index (χ2n) is 2.55. The van der Waals surface area contributed by atoms with Crippen molar-refractivity contribution in [3.63, 3.8) is 0 Å². The van der Waals surface area contributed by atoms with Gasteiger partial charge in [-0.1, -0.05) is 18.2 Å². The van der Waals surface area contributed by atoms with Gasteiger partial charge in [-0.2, -0.15) is 0 Å². The fourth-order valence-electron chi connectivity index (χ4n) is 0.987. The monoisotopic (exact) mass is 174 g/mol. The van der Waals surface area contributed by atoms with Crippen LogP contribution < -0.4 is 5.32 Å². The topological polar surface area (TPSA) is 24.4 Å². The van der Waals surface area contributed by atoms with Crippen molar-refractivity contribution in [2.75, 3.05) is 5.32 Å². The molecule has 68 valence electrons. The Morgan fingerprint density at radius 2 is 1.92 bits per heavy atom. The number of anilines is 1. The minimum atomic E-state index is 0.869. The second kappa shape index (κ2) is 5.14. The van der Waals surface area contributed by atoms with Crippen molar-refractivity contribution >= 4 is 11.9 Å². The summed E-state index contributed by atoms with van der Waals surface area (Å²) in [5, 5.41) is 3.19. The van der Waals surface area contributed by atoms with Crippen molar-refractivity contribution in [3.8, 4) is 0 Å². The molecular weight excluding hydrogens is 160 g/mol. The van der Waals surface area contributed by atoms with Gasteiger partial charge in [-0.05, 0) is 32.1 Å². The number of hydrogen-bond acceptors (Lipinski definition) is 2. The van der Waals surface area contributed by atoms with Gasteiger partial charge in [-0.3, -0.25) is 0 Å². The molecular formula is C11H14N2. The first-order valence-electron chi connectivity index (χ1n) is 4.34. The highest BCUT2D eigenvalue weighted by molar-refractivity contribution is 5.57. The van der Waals surface area contributed by atoms with Crippen molar-refractivity contribution in [1.82, 2.24) is 0 Å². The summed E-state index contributed by atoms with van der Waals surface area (Å²) in [6.07, 6.45) is 3.71. The molecule has 0 fully saturated rings. The number of hydrogen-bond donors (Lipinski definition) is 1. The van der Waals surface area contributed by atoms with E-state index in [1.807, 2.05) is 50.3 Å². The Kier molecular flexibility index (Phi) is 3.76. The van der Waals surface area contributed by atoms with Crippen molar-refractivity contribution < 1.29 is 0 Å². The van der Waals surface area contributed by atoms with Crippen LogP contribution in [0, 0.1) is 0 Å². The van der Waals surface area contributed by atoms with Crippen LogP contribution in [0.2, 0.25) is 0 Å². The molecule has 0 amide bonds. The summed E-state index contributed by atoms with van der Waals surface area (Å²) in [5.41, 5.74) is 1.06. The van der Waals surface area contributed by atoms with E-state index in [2.05, 4.69) is 10.3 Å². The summed E-state index contributed by atoms with van der Waals surface area (Å²) in [6.45, 7) is 3.86. The summed E-state index contributed by atoms with van der Waals surface area (Å²) in [4.78, 5) is 4.16. The fraction of sp³-hybridized carbons (Fsp3) is 0.182. The Bertz CT molecular complexity index is 299. The van der Waals surface area contributed by atoms with E-state index in [9.17, 15) is 0 Å². The van der Waals surface area contributed by atoms with Crippen molar-refractivity contribution in [2.24, 2.45) is 4.99 Å². The van der Waals surface area contributed by atoms with Crippen molar-refractivity contribution in [3.05, 3.63) is 42.2 Å². The minimum Gasteiger partial charge on any atom is -0.341 e.